The molecule has 6 heteroatoms. The second-order valence-corrected chi connectivity index (χ2v) is 5.39. The molecule has 2 fully saturated rings. The van der Waals surface area contributed by atoms with Crippen LogP contribution in [0.5, 0.6) is 0 Å². The molecular formula is C14H19FN4O. The molecule has 0 bridgehead atoms. The molecule has 0 aliphatic carbocycles. The first-order chi connectivity index (χ1) is 9.67. The number of urea groups is 1. The molecule has 20 heavy (non-hydrogen) atoms. The summed E-state index contributed by atoms with van der Waals surface area (Å²) in [6, 6.07) is 5.08. The van der Waals surface area contributed by atoms with Crippen molar-refractivity contribution in [1.82, 2.24) is 15.1 Å². The molecule has 2 amide bonds. The monoisotopic (exact) mass is 278 g/mol. The number of amides is 2. The summed E-state index contributed by atoms with van der Waals surface area (Å²) in [6.07, 6.45) is 0. The minimum atomic E-state index is -0.246. The Bertz CT molecular complexity index is 522. The Kier molecular flexibility index (Phi) is 3.58. The van der Waals surface area contributed by atoms with Crippen LogP contribution in [0.25, 0.3) is 0 Å². The number of halogens is 1. The lowest BCUT2D eigenvalue weighted by atomic mass is 10.1. The second kappa shape index (κ2) is 5.38. The van der Waals surface area contributed by atoms with E-state index in [4.69, 9.17) is 5.73 Å². The highest BCUT2D eigenvalue weighted by Crippen LogP contribution is 2.18. The summed E-state index contributed by atoms with van der Waals surface area (Å²) < 4.78 is 13.2. The third-order valence-electron chi connectivity index (χ3n) is 4.10. The Morgan fingerprint density at radius 2 is 2.20 bits per heavy atom. The van der Waals surface area contributed by atoms with Crippen molar-refractivity contribution in [3.63, 3.8) is 0 Å². The van der Waals surface area contributed by atoms with E-state index in [1.807, 2.05) is 11.0 Å². The number of nitrogens with two attached hydrogens (primary N) is 1. The van der Waals surface area contributed by atoms with Crippen molar-refractivity contribution in [2.45, 2.75) is 19.1 Å². The van der Waals surface area contributed by atoms with E-state index in [9.17, 15) is 9.18 Å². The van der Waals surface area contributed by atoms with Gasteiger partial charge in [-0.25, -0.2) is 9.18 Å². The van der Waals surface area contributed by atoms with Crippen LogP contribution in [0, 0.1) is 5.82 Å². The predicted octanol–water partition coefficient (Wildman–Crippen LogP) is 0.494. The normalized spacial score (nSPS) is 22.8. The molecule has 3 rings (SSSR count). The molecular weight excluding hydrogens is 259 g/mol. The number of rotatable bonds is 3. The first-order valence-corrected chi connectivity index (χ1v) is 6.91. The minimum Gasteiger partial charge on any atom is -0.336 e. The van der Waals surface area contributed by atoms with Crippen molar-refractivity contribution < 1.29 is 9.18 Å². The van der Waals surface area contributed by atoms with E-state index in [2.05, 4.69) is 10.2 Å². The Labute approximate surface area is 117 Å². The lowest BCUT2D eigenvalue weighted by molar-refractivity contribution is 0.116. The summed E-state index contributed by atoms with van der Waals surface area (Å²) in [6.45, 7) is 4.24. The van der Waals surface area contributed by atoms with Crippen molar-refractivity contribution in [2.75, 3.05) is 26.2 Å². The molecule has 0 radical (unpaired) electrons. The van der Waals surface area contributed by atoms with Gasteiger partial charge in [-0.15, -0.1) is 0 Å². The number of hydrogen-bond donors (Lipinski definition) is 2. The molecule has 1 aromatic carbocycles. The van der Waals surface area contributed by atoms with E-state index in [0.717, 1.165) is 37.3 Å². The predicted molar refractivity (Wildman–Crippen MR) is 73.5 cm³/mol. The summed E-state index contributed by atoms with van der Waals surface area (Å²) in [5.74, 6) is -0.246. The zero-order valence-electron chi connectivity index (χ0n) is 11.3. The second-order valence-electron chi connectivity index (χ2n) is 5.39. The number of carbonyl (C=O) groups excluding carboxylic acids is 1. The minimum absolute atomic E-state index is 0.0408. The fourth-order valence-corrected chi connectivity index (χ4v) is 2.99. The third-order valence-corrected chi connectivity index (χ3v) is 4.10. The molecule has 1 aromatic rings. The summed E-state index contributed by atoms with van der Waals surface area (Å²) >= 11 is 0. The van der Waals surface area contributed by atoms with Gasteiger partial charge in [0, 0.05) is 39.3 Å². The maximum atomic E-state index is 13.2. The molecule has 0 spiro atoms. The molecule has 2 aliphatic rings. The molecule has 2 aliphatic heterocycles. The van der Waals surface area contributed by atoms with Gasteiger partial charge in [-0.2, -0.15) is 0 Å². The van der Waals surface area contributed by atoms with Crippen LogP contribution in [0.4, 0.5) is 9.18 Å². The molecule has 2 saturated heterocycles. The van der Waals surface area contributed by atoms with Crippen molar-refractivity contribution >= 4 is 6.03 Å². The molecule has 5 nitrogen and oxygen atoms in total. The van der Waals surface area contributed by atoms with Crippen LogP contribution in [-0.2, 0) is 13.1 Å². The topological polar surface area (TPSA) is 61.6 Å². The zero-order valence-corrected chi connectivity index (χ0v) is 11.3. The summed E-state index contributed by atoms with van der Waals surface area (Å²) in [4.78, 5) is 15.7. The lowest BCUT2D eigenvalue weighted by Crippen LogP contribution is -2.51. The number of nitrogens with one attached hydrogen (secondary N) is 1. The van der Waals surface area contributed by atoms with E-state index >= 15 is 0 Å². The molecule has 2 heterocycles. The van der Waals surface area contributed by atoms with Gasteiger partial charge < -0.3 is 16.0 Å². The van der Waals surface area contributed by atoms with Gasteiger partial charge in [-0.1, -0.05) is 6.07 Å². The van der Waals surface area contributed by atoms with Gasteiger partial charge in [0.05, 0.1) is 6.04 Å². The van der Waals surface area contributed by atoms with Crippen LogP contribution in [0.3, 0.4) is 0 Å². The SMILES string of the molecule is NCc1cc(F)ccc1CN1CCN2C(=O)NCC2C1. The number of nitrogens with zero attached hydrogens (tertiary/aromatic N) is 2. The van der Waals surface area contributed by atoms with Crippen LogP contribution >= 0.6 is 0 Å². The number of fused-ring (bicyclic) bond motifs is 1. The average Bonchev–Trinajstić information content (AvgIpc) is 2.82. The first kappa shape index (κ1) is 13.3. The summed E-state index contributed by atoms with van der Waals surface area (Å²) in [7, 11) is 0. The number of hydrogen-bond acceptors (Lipinski definition) is 3. The summed E-state index contributed by atoms with van der Waals surface area (Å²) in [5.41, 5.74) is 7.60. The fourth-order valence-electron chi connectivity index (χ4n) is 2.99. The Hall–Kier alpha value is -1.66. The van der Waals surface area contributed by atoms with Gasteiger partial charge in [0.2, 0.25) is 0 Å². The maximum Gasteiger partial charge on any atom is 0.317 e. The van der Waals surface area contributed by atoms with Gasteiger partial charge in [-0.05, 0) is 23.3 Å². The molecule has 1 atom stereocenters. The number of benzene rings is 1. The van der Waals surface area contributed by atoms with E-state index in [0.29, 0.717) is 13.1 Å². The van der Waals surface area contributed by atoms with Crippen LogP contribution in [-0.4, -0.2) is 48.1 Å². The van der Waals surface area contributed by atoms with Crippen LogP contribution in [0.2, 0.25) is 0 Å². The Morgan fingerprint density at radius 1 is 1.35 bits per heavy atom. The van der Waals surface area contributed by atoms with Gasteiger partial charge in [0.15, 0.2) is 0 Å². The largest absolute Gasteiger partial charge is 0.336 e. The van der Waals surface area contributed by atoms with Crippen molar-refractivity contribution in [1.29, 1.82) is 0 Å². The standard InChI is InChI=1S/C14H19FN4O/c15-12-2-1-10(11(5-12)6-16)8-18-3-4-19-13(9-18)7-17-14(19)20/h1-2,5,13H,3-4,6-9,16H2,(H,17,20). The fraction of sp³-hybridized carbons (Fsp3) is 0.500. The van der Waals surface area contributed by atoms with Gasteiger partial charge in [-0.3, -0.25) is 4.90 Å². The lowest BCUT2D eigenvalue weighted by Gasteiger charge is -2.36. The molecule has 0 saturated carbocycles. The van der Waals surface area contributed by atoms with Gasteiger partial charge in [0.1, 0.15) is 5.82 Å². The Balaban J connectivity index is 1.68. The zero-order chi connectivity index (χ0) is 14.1. The van der Waals surface area contributed by atoms with E-state index in [-0.39, 0.29) is 17.9 Å². The highest BCUT2D eigenvalue weighted by atomic mass is 19.1. The van der Waals surface area contributed by atoms with E-state index in [1.165, 1.54) is 12.1 Å². The molecule has 1 unspecified atom stereocenters. The highest BCUT2D eigenvalue weighted by molar-refractivity contribution is 5.77. The Morgan fingerprint density at radius 3 is 3.00 bits per heavy atom. The van der Waals surface area contributed by atoms with Gasteiger partial charge in [0.25, 0.3) is 0 Å². The molecule has 108 valence electrons. The number of piperazine rings is 1. The van der Waals surface area contributed by atoms with Crippen LogP contribution in [0.15, 0.2) is 18.2 Å². The van der Waals surface area contributed by atoms with Crippen LogP contribution < -0.4 is 11.1 Å². The van der Waals surface area contributed by atoms with Gasteiger partial charge >= 0.3 is 6.03 Å². The van der Waals surface area contributed by atoms with Crippen LogP contribution in [0.1, 0.15) is 11.1 Å². The van der Waals surface area contributed by atoms with Crippen molar-refractivity contribution in [3.8, 4) is 0 Å². The quantitative estimate of drug-likeness (QED) is 0.846. The smallest absolute Gasteiger partial charge is 0.317 e. The van der Waals surface area contributed by atoms with E-state index in [1.54, 1.807) is 0 Å². The highest BCUT2D eigenvalue weighted by Gasteiger charge is 2.35. The average molecular weight is 278 g/mol. The molecule has 3 N–H and O–H groups in total. The van der Waals surface area contributed by atoms with Crippen molar-refractivity contribution in [2.24, 2.45) is 5.73 Å². The first-order valence-electron chi connectivity index (χ1n) is 6.91. The summed E-state index contributed by atoms with van der Waals surface area (Å²) in [5, 5.41) is 2.87. The maximum absolute atomic E-state index is 13.2. The third kappa shape index (κ3) is 2.48. The van der Waals surface area contributed by atoms with E-state index < -0.39 is 0 Å². The molecule has 0 aromatic heterocycles. The number of carbonyl (C=O) groups is 1. The van der Waals surface area contributed by atoms with Crippen molar-refractivity contribution in [3.05, 3.63) is 35.1 Å².